The van der Waals surface area contributed by atoms with Gasteiger partial charge in [-0.1, -0.05) is 90.9 Å². The van der Waals surface area contributed by atoms with Crippen LogP contribution in [0.1, 0.15) is 111 Å². The first-order valence-electron chi connectivity index (χ1n) is 12.4. The van der Waals surface area contributed by atoms with Gasteiger partial charge >= 0.3 is 0 Å². The Morgan fingerprint density at radius 2 is 1.55 bits per heavy atom. The Kier molecular flexibility index (Phi) is 16.8. The second-order valence-electron chi connectivity index (χ2n) is 8.96. The molecule has 1 atom stereocenters. The number of guanidine groups is 1. The van der Waals surface area contributed by atoms with Crippen LogP contribution in [0.2, 0.25) is 0 Å². The van der Waals surface area contributed by atoms with E-state index in [2.05, 4.69) is 22.9 Å². The van der Waals surface area contributed by atoms with Crippen LogP contribution < -0.4 is 21.4 Å². The molecule has 0 saturated carbocycles. The maximum atomic E-state index is 13.0. The van der Waals surface area contributed by atoms with E-state index in [0.717, 1.165) is 19.3 Å². The van der Waals surface area contributed by atoms with E-state index in [1.807, 2.05) is 20.8 Å². The van der Waals surface area contributed by atoms with Crippen molar-refractivity contribution in [1.82, 2.24) is 21.4 Å². The van der Waals surface area contributed by atoms with Gasteiger partial charge < -0.3 is 16.0 Å². The monoisotopic (exact) mass is 469 g/mol. The molecule has 0 bridgehead atoms. The van der Waals surface area contributed by atoms with Gasteiger partial charge in [0.1, 0.15) is 0 Å². The van der Waals surface area contributed by atoms with Crippen LogP contribution in [0.25, 0.3) is 0 Å². The zero-order valence-electron chi connectivity index (χ0n) is 20.9. The average Bonchev–Trinajstić information content (AvgIpc) is 2.71. The number of hydrogen-bond acceptors (Lipinski definition) is 5. The van der Waals surface area contributed by atoms with Gasteiger partial charge in [-0.05, 0) is 25.2 Å². The second-order valence-corrected chi connectivity index (χ2v) is 8.96. The van der Waals surface area contributed by atoms with E-state index in [9.17, 15) is 19.7 Å². The summed E-state index contributed by atoms with van der Waals surface area (Å²) in [7, 11) is 0. The third kappa shape index (κ3) is 15.1. The fourth-order valence-electron chi connectivity index (χ4n) is 3.50. The molecule has 0 aliphatic heterocycles. The van der Waals surface area contributed by atoms with Crippen molar-refractivity contribution in [2.24, 2.45) is 5.92 Å². The lowest BCUT2D eigenvalue weighted by atomic mass is 10.0. The molecule has 0 heterocycles. The van der Waals surface area contributed by atoms with Crippen LogP contribution in [0.5, 0.6) is 0 Å². The number of nitrogens with zero attached hydrogens (tertiary/aromatic N) is 1. The molecule has 0 rings (SSSR count). The van der Waals surface area contributed by atoms with Gasteiger partial charge in [0.25, 0.3) is 11.9 Å². The first kappa shape index (κ1) is 30.6. The molecular formula is C23H45N6O4. The number of amides is 2. The maximum absolute atomic E-state index is 13.0. The highest BCUT2D eigenvalue weighted by atomic mass is 16.7. The van der Waals surface area contributed by atoms with Crippen LogP contribution in [0.3, 0.4) is 0 Å². The van der Waals surface area contributed by atoms with E-state index < -0.39 is 22.6 Å². The molecule has 0 spiro atoms. The van der Waals surface area contributed by atoms with Gasteiger partial charge in [0.05, 0.1) is 0 Å². The highest BCUT2D eigenvalue weighted by Crippen LogP contribution is 2.14. The lowest BCUT2D eigenvalue weighted by molar-refractivity contribution is -0.526. The van der Waals surface area contributed by atoms with E-state index in [1.54, 1.807) is 12.0 Å². The van der Waals surface area contributed by atoms with E-state index in [-0.39, 0.29) is 18.7 Å². The first-order valence-corrected chi connectivity index (χ1v) is 12.4. The van der Waals surface area contributed by atoms with Crippen molar-refractivity contribution in [3.8, 4) is 0 Å². The second kappa shape index (κ2) is 18.1. The molecule has 2 amide bonds. The van der Waals surface area contributed by atoms with E-state index in [1.165, 1.54) is 32.1 Å². The normalized spacial score (nSPS) is 12.6. The number of hydrogen-bond donors (Lipinski definition) is 5. The Morgan fingerprint density at radius 3 is 2.06 bits per heavy atom. The van der Waals surface area contributed by atoms with Gasteiger partial charge in [-0.3, -0.25) is 15.0 Å². The average molecular weight is 470 g/mol. The Morgan fingerprint density at radius 1 is 0.970 bits per heavy atom. The van der Waals surface area contributed by atoms with Gasteiger partial charge in [-0.15, -0.1) is 0 Å². The topological polar surface area (TPSA) is 149 Å². The van der Waals surface area contributed by atoms with Crippen molar-refractivity contribution in [3.05, 3.63) is 16.7 Å². The molecule has 10 heteroatoms. The predicted octanol–water partition coefficient (Wildman–Crippen LogP) is 4.15. The summed E-state index contributed by atoms with van der Waals surface area (Å²) in [4.78, 5) is 36.4. The summed E-state index contributed by atoms with van der Waals surface area (Å²) in [5.74, 6) is -1.22. The zero-order chi connectivity index (χ0) is 25.1. The molecule has 33 heavy (non-hydrogen) atoms. The highest BCUT2D eigenvalue weighted by Gasteiger charge is 2.40. The van der Waals surface area contributed by atoms with E-state index >= 15 is 0 Å². The van der Waals surface area contributed by atoms with Crippen LogP contribution in [0.15, 0.2) is 0 Å². The van der Waals surface area contributed by atoms with Crippen LogP contribution in [-0.2, 0) is 9.59 Å². The predicted molar refractivity (Wildman–Crippen MR) is 131 cm³/mol. The van der Waals surface area contributed by atoms with Gasteiger partial charge in [0.15, 0.2) is 10.7 Å². The Balaban J connectivity index is 4.89. The third-order valence-electron chi connectivity index (χ3n) is 5.24. The summed E-state index contributed by atoms with van der Waals surface area (Å²) in [5, 5.41) is 25.5. The number of carbonyl (C=O) groups excluding carboxylic acids is 2. The van der Waals surface area contributed by atoms with Crippen LogP contribution in [0, 0.1) is 28.0 Å². The minimum Gasteiger partial charge on any atom is -0.348 e. The molecular weight excluding hydrogens is 424 g/mol. The van der Waals surface area contributed by atoms with Gasteiger partial charge in [-0.25, -0.2) is 10.1 Å². The van der Waals surface area contributed by atoms with Crippen LogP contribution in [-0.4, -0.2) is 28.5 Å². The quantitative estimate of drug-likeness (QED) is 0.0479. The number of unbranched alkanes of at least 4 members (excludes halogenated alkanes) is 8. The molecule has 1 radical (unpaired) electrons. The first-order chi connectivity index (χ1) is 15.7. The molecule has 10 nitrogen and oxygen atoms in total. The Bertz CT molecular complexity index is 600. The summed E-state index contributed by atoms with van der Waals surface area (Å²) in [5.41, 5.74) is 0.0421. The van der Waals surface area contributed by atoms with Crippen molar-refractivity contribution >= 4 is 17.8 Å². The third-order valence-corrected chi connectivity index (χ3v) is 5.24. The minimum atomic E-state index is -1.65. The minimum absolute atomic E-state index is 0.166. The summed E-state index contributed by atoms with van der Waals surface area (Å²) < 4.78 is 0. The molecule has 0 aliphatic rings. The smallest absolute Gasteiger partial charge is 0.266 e. The van der Waals surface area contributed by atoms with Gasteiger partial charge in [-0.2, -0.15) is 0 Å². The Labute approximate surface area is 199 Å². The molecule has 0 aromatic rings. The Hall–Kier alpha value is -2.39. The summed E-state index contributed by atoms with van der Waals surface area (Å²) in [6.07, 6.45) is 11.7. The SMILES string of the molecule is CCCCCCCCCCCC(=O)N[C@](CCC)(NC(=N)N[N+](=O)[O-])C(=O)N[CH]CC(C)C. The standard InChI is InChI=1S/C23H45N6O4/c1-5-7-8-9-10-11-12-13-14-15-20(30)26-23(17-6-2,27-22(24)28-29(32)33)21(31)25-18-16-19(3)4/h18-19H,5-17H2,1-4H3,(H,25,31)(H,26,30)(H3,24,27,28)/t23-/m1/s1. The largest absolute Gasteiger partial charge is 0.348 e. The maximum Gasteiger partial charge on any atom is 0.266 e. The molecule has 191 valence electrons. The highest BCUT2D eigenvalue weighted by molar-refractivity contribution is 5.95. The molecule has 0 aromatic carbocycles. The number of nitro groups is 1. The van der Waals surface area contributed by atoms with Crippen molar-refractivity contribution in [3.63, 3.8) is 0 Å². The lowest BCUT2D eigenvalue weighted by Crippen LogP contribution is -2.69. The molecule has 5 N–H and O–H groups in total. The summed E-state index contributed by atoms with van der Waals surface area (Å²) >= 11 is 0. The summed E-state index contributed by atoms with van der Waals surface area (Å²) in [6.45, 7) is 9.65. The lowest BCUT2D eigenvalue weighted by Gasteiger charge is -2.34. The molecule has 0 unspecified atom stereocenters. The fourth-order valence-corrected chi connectivity index (χ4v) is 3.50. The fraction of sp³-hybridized carbons (Fsp3) is 0.826. The van der Waals surface area contributed by atoms with Crippen molar-refractivity contribution in [1.29, 1.82) is 5.41 Å². The van der Waals surface area contributed by atoms with Crippen molar-refractivity contribution < 1.29 is 14.6 Å². The number of nitrogens with one attached hydrogen (secondary N) is 5. The van der Waals surface area contributed by atoms with E-state index in [0.29, 0.717) is 25.2 Å². The molecule has 0 saturated heterocycles. The molecule has 0 fully saturated rings. The summed E-state index contributed by atoms with van der Waals surface area (Å²) in [6, 6.07) is 0. The van der Waals surface area contributed by atoms with Crippen LogP contribution in [0.4, 0.5) is 0 Å². The zero-order valence-corrected chi connectivity index (χ0v) is 20.9. The number of carbonyl (C=O) groups is 2. The number of hydrazine groups is 1. The molecule has 0 aromatic heterocycles. The van der Waals surface area contributed by atoms with Crippen LogP contribution >= 0.6 is 0 Å². The van der Waals surface area contributed by atoms with E-state index in [4.69, 9.17) is 5.41 Å². The molecule has 0 aliphatic carbocycles. The van der Waals surface area contributed by atoms with Crippen molar-refractivity contribution in [2.45, 2.75) is 117 Å². The van der Waals surface area contributed by atoms with Gasteiger partial charge in [0, 0.05) is 13.0 Å². The van der Waals surface area contributed by atoms with Crippen molar-refractivity contribution in [2.75, 3.05) is 0 Å². The number of rotatable bonds is 19. The van der Waals surface area contributed by atoms with Gasteiger partial charge in [0.2, 0.25) is 5.91 Å².